The summed E-state index contributed by atoms with van der Waals surface area (Å²) in [5, 5.41) is 0.220. The van der Waals surface area contributed by atoms with Gasteiger partial charge in [-0.2, -0.15) is 8.42 Å². The molecule has 1 N–H and O–H groups in total. The third-order valence-electron chi connectivity index (χ3n) is 1.17. The molecule has 7 heteroatoms. The van der Waals surface area contributed by atoms with Crippen LogP contribution in [0.1, 0.15) is 0 Å². The van der Waals surface area contributed by atoms with E-state index in [2.05, 4.69) is 0 Å². The maximum Gasteiger partial charge on any atom is 0.296 e. The van der Waals surface area contributed by atoms with Crippen molar-refractivity contribution in [2.24, 2.45) is 0 Å². The van der Waals surface area contributed by atoms with Gasteiger partial charge < -0.3 is 0 Å². The van der Waals surface area contributed by atoms with Crippen LogP contribution in [0.3, 0.4) is 0 Å². The molecule has 0 fully saturated rings. The fourth-order valence-corrected chi connectivity index (χ4v) is 1.93. The summed E-state index contributed by atoms with van der Waals surface area (Å²) in [4.78, 5) is -0.339. The van der Waals surface area contributed by atoms with Crippen LogP contribution in [0.4, 0.5) is 0 Å². The summed E-state index contributed by atoms with van der Waals surface area (Å²) < 4.78 is 29.8. The molecule has 3 nitrogen and oxygen atoms in total. The van der Waals surface area contributed by atoms with Gasteiger partial charge in [0.15, 0.2) is 0 Å². The van der Waals surface area contributed by atoms with Gasteiger partial charge in [0, 0.05) is 32.7 Å². The van der Waals surface area contributed by atoms with E-state index in [1.54, 1.807) is 0 Å². The predicted octanol–water partition coefficient (Wildman–Crippen LogP) is 2.24. The van der Waals surface area contributed by atoms with Crippen LogP contribution in [0.25, 0.3) is 0 Å². The Morgan fingerprint density at radius 3 is 2.15 bits per heavy atom. The number of halogens is 2. The van der Waals surface area contributed by atoms with Gasteiger partial charge in [0.2, 0.25) is 0 Å². The second kappa shape index (κ2) is 4.93. The molecule has 0 spiro atoms. The molecule has 0 amide bonds. The van der Waals surface area contributed by atoms with Gasteiger partial charge in [0.25, 0.3) is 10.1 Å². The largest absolute Gasteiger partial charge is 0.296 e. The summed E-state index contributed by atoms with van der Waals surface area (Å²) in [5.41, 5.74) is 0. The minimum atomic E-state index is -4.24. The molecule has 0 unspecified atom stereocenters. The van der Waals surface area contributed by atoms with Gasteiger partial charge >= 0.3 is 0 Å². The van der Waals surface area contributed by atoms with E-state index >= 15 is 0 Å². The number of hydrogen-bond donors (Lipinski definition) is 1. The average molecular weight is 428 g/mol. The zero-order valence-electron chi connectivity index (χ0n) is 6.37. The van der Waals surface area contributed by atoms with Gasteiger partial charge in [-0.05, 0) is 18.2 Å². The molecule has 68 valence electrons. The van der Waals surface area contributed by atoms with E-state index in [9.17, 15) is 8.42 Å². The molecule has 0 aromatic heterocycles. The molecule has 0 atom stereocenters. The van der Waals surface area contributed by atoms with Gasteiger partial charge in [-0.25, -0.2) is 0 Å². The molecule has 1 rings (SSSR count). The first-order valence-corrected chi connectivity index (χ1v) is 5.03. The molecule has 0 radical (unpaired) electrons. The number of hydrogen-bond acceptors (Lipinski definition) is 2. The van der Waals surface area contributed by atoms with E-state index in [1.807, 2.05) is 0 Å². The molecule has 0 aliphatic carbocycles. The third-order valence-corrected chi connectivity index (χ3v) is 2.74. The summed E-state index contributed by atoms with van der Waals surface area (Å²) in [6, 6.07) is 3.71. The summed E-state index contributed by atoms with van der Waals surface area (Å²) in [6.45, 7) is 0. The summed E-state index contributed by atoms with van der Waals surface area (Å²) >= 11 is 11.0. The first kappa shape index (κ1) is 13.6. The molecule has 0 saturated heterocycles. The maximum atomic E-state index is 10.6. The Labute approximate surface area is 106 Å². The van der Waals surface area contributed by atoms with Crippen LogP contribution in [0.2, 0.25) is 10.0 Å². The van der Waals surface area contributed by atoms with Crippen molar-refractivity contribution in [2.45, 2.75) is 4.90 Å². The Hall–Kier alpha value is 0.645. The van der Waals surface area contributed by atoms with Gasteiger partial charge in [-0.15, -0.1) is 0 Å². The summed E-state index contributed by atoms with van der Waals surface area (Å²) in [7, 11) is -4.24. The number of benzene rings is 1. The molecular weight excluding hydrogens is 424 g/mol. The van der Waals surface area contributed by atoms with Gasteiger partial charge in [-0.3, -0.25) is 4.55 Å². The second-order valence-corrected chi connectivity index (χ2v) is 4.28. The predicted molar refractivity (Wildman–Crippen MR) is 46.3 cm³/mol. The van der Waals surface area contributed by atoms with Crippen molar-refractivity contribution >= 4 is 33.3 Å². The fourth-order valence-electron chi connectivity index (χ4n) is 0.684. The Kier molecular flexibility index (Phi) is 5.18. The molecule has 1 aromatic carbocycles. The van der Waals surface area contributed by atoms with E-state index in [1.165, 1.54) is 12.1 Å². The average Bonchev–Trinajstić information content (AvgIpc) is 1.83. The van der Waals surface area contributed by atoms with Gasteiger partial charge in [0.1, 0.15) is 4.90 Å². The van der Waals surface area contributed by atoms with Crippen molar-refractivity contribution in [1.82, 2.24) is 0 Å². The van der Waals surface area contributed by atoms with Crippen LogP contribution < -0.4 is 0 Å². The van der Waals surface area contributed by atoms with Gasteiger partial charge in [-0.1, -0.05) is 23.2 Å². The first-order valence-electron chi connectivity index (χ1n) is 2.84. The monoisotopic (exact) mass is 428 g/mol. The van der Waals surface area contributed by atoms with E-state index in [4.69, 9.17) is 27.8 Å². The molecule has 0 aliphatic rings. The summed E-state index contributed by atoms with van der Waals surface area (Å²) in [5.74, 6) is 0. The summed E-state index contributed by atoms with van der Waals surface area (Å²) in [6.07, 6.45) is 0. The molecule has 0 heterocycles. The van der Waals surface area contributed by atoms with Crippen molar-refractivity contribution in [2.75, 3.05) is 0 Å². The topological polar surface area (TPSA) is 54.4 Å². The molecule has 0 aliphatic heterocycles. The minimum Gasteiger partial charge on any atom is -0.282 e. The standard InChI is InChI=1S/C6H4Cl2O3S.Hg/c7-4-1-2-6(5(8)3-4)12(9,10)11;/h1-3H,(H,9,10,11);. The molecule has 13 heavy (non-hydrogen) atoms. The van der Waals surface area contributed by atoms with Crippen molar-refractivity contribution in [3.05, 3.63) is 28.2 Å². The van der Waals surface area contributed by atoms with E-state index in [0.717, 1.165) is 6.07 Å². The molecule has 0 saturated carbocycles. The van der Waals surface area contributed by atoms with Crippen LogP contribution in [0.5, 0.6) is 0 Å². The Bertz CT molecular complexity index is 404. The SMILES string of the molecule is O=S(=O)(O)c1ccc(Cl)cc1Cl.[Hg]. The van der Waals surface area contributed by atoms with Crippen LogP contribution in [-0.2, 0) is 37.8 Å². The number of rotatable bonds is 1. The minimum absolute atomic E-state index is 0. The van der Waals surface area contributed by atoms with E-state index in [0.29, 0.717) is 5.02 Å². The van der Waals surface area contributed by atoms with E-state index in [-0.39, 0.29) is 37.6 Å². The molecule has 0 bridgehead atoms. The second-order valence-electron chi connectivity index (χ2n) is 2.05. The first-order chi connectivity index (χ1) is 5.41. The van der Waals surface area contributed by atoms with Crippen molar-refractivity contribution in [1.29, 1.82) is 0 Å². The maximum absolute atomic E-state index is 10.6. The van der Waals surface area contributed by atoms with Crippen molar-refractivity contribution in [3.63, 3.8) is 0 Å². The Morgan fingerprint density at radius 2 is 1.77 bits per heavy atom. The smallest absolute Gasteiger partial charge is 0.282 e. The third kappa shape index (κ3) is 3.71. The van der Waals surface area contributed by atoms with Crippen LogP contribution in [-0.4, -0.2) is 13.0 Å². The van der Waals surface area contributed by atoms with Crippen LogP contribution in [0.15, 0.2) is 23.1 Å². The quantitative estimate of drug-likeness (QED) is 0.552. The van der Waals surface area contributed by atoms with Crippen molar-refractivity contribution in [3.8, 4) is 0 Å². The Balaban J connectivity index is 0.00000144. The molecule has 1 aromatic rings. The van der Waals surface area contributed by atoms with Crippen LogP contribution >= 0.6 is 23.2 Å². The zero-order valence-corrected chi connectivity index (χ0v) is 14.2. The zero-order chi connectivity index (χ0) is 9.35. The molecular formula is C6H4Cl2HgO3S. The Morgan fingerprint density at radius 1 is 1.23 bits per heavy atom. The van der Waals surface area contributed by atoms with E-state index < -0.39 is 10.1 Å². The normalized spacial score (nSPS) is 10.7. The van der Waals surface area contributed by atoms with Crippen LogP contribution in [0, 0.1) is 0 Å². The van der Waals surface area contributed by atoms with Crippen molar-refractivity contribution < 1.29 is 40.6 Å². The van der Waals surface area contributed by atoms with Gasteiger partial charge in [0.05, 0.1) is 5.02 Å². The fraction of sp³-hybridized carbons (Fsp3) is 0.